The molecular formula is C33H22BrNO3. The molecule has 4 aromatic rings. The highest BCUT2D eigenvalue weighted by atomic mass is 79.9. The maximum Gasteiger partial charge on any atom is 0.185 e. The smallest absolute Gasteiger partial charge is 0.185 e. The highest BCUT2D eigenvalue weighted by Gasteiger charge is 2.71. The van der Waals surface area contributed by atoms with Gasteiger partial charge in [-0.15, -0.1) is 0 Å². The van der Waals surface area contributed by atoms with Gasteiger partial charge >= 0.3 is 0 Å². The molecule has 1 fully saturated rings. The van der Waals surface area contributed by atoms with Crippen molar-refractivity contribution in [3.8, 4) is 0 Å². The molecule has 4 nitrogen and oxygen atoms in total. The van der Waals surface area contributed by atoms with E-state index in [1.165, 1.54) is 0 Å². The van der Waals surface area contributed by atoms with Gasteiger partial charge in [0.15, 0.2) is 17.3 Å². The lowest BCUT2D eigenvalue weighted by atomic mass is 9.64. The minimum absolute atomic E-state index is 0.109. The first-order chi connectivity index (χ1) is 18.5. The molecule has 1 spiro atoms. The second-order valence-corrected chi connectivity index (χ2v) is 11.0. The summed E-state index contributed by atoms with van der Waals surface area (Å²) < 4.78 is 0.916. The van der Waals surface area contributed by atoms with Gasteiger partial charge in [-0.1, -0.05) is 113 Å². The molecule has 184 valence electrons. The molecule has 0 saturated carbocycles. The molecule has 4 aromatic carbocycles. The van der Waals surface area contributed by atoms with E-state index in [-0.39, 0.29) is 17.3 Å². The van der Waals surface area contributed by atoms with E-state index in [9.17, 15) is 14.4 Å². The molecule has 3 atom stereocenters. The number of carbonyl (C=O) groups excluding carboxylic acids is 3. The second-order valence-electron chi connectivity index (χ2n) is 10.1. The quantitative estimate of drug-likeness (QED) is 0.205. The lowest BCUT2D eigenvalue weighted by molar-refractivity contribution is 0.0666. The average Bonchev–Trinajstić information content (AvgIpc) is 3.39. The maximum atomic E-state index is 14.5. The molecule has 7 rings (SSSR count). The van der Waals surface area contributed by atoms with Crippen molar-refractivity contribution in [1.29, 1.82) is 0 Å². The van der Waals surface area contributed by atoms with Crippen LogP contribution in [0.2, 0.25) is 0 Å². The first kappa shape index (κ1) is 23.1. The van der Waals surface area contributed by atoms with Gasteiger partial charge in [0.2, 0.25) is 0 Å². The number of ketones is 3. The summed E-state index contributed by atoms with van der Waals surface area (Å²) in [5, 5.41) is 0. The summed E-state index contributed by atoms with van der Waals surface area (Å²) in [6, 6.07) is 30.4. The van der Waals surface area contributed by atoms with Gasteiger partial charge in [0.05, 0.1) is 6.04 Å². The summed E-state index contributed by atoms with van der Waals surface area (Å²) in [4.78, 5) is 45.6. The topological polar surface area (TPSA) is 54.5 Å². The van der Waals surface area contributed by atoms with Crippen molar-refractivity contribution in [2.75, 3.05) is 4.90 Å². The van der Waals surface area contributed by atoms with Gasteiger partial charge in [0.1, 0.15) is 11.5 Å². The van der Waals surface area contributed by atoms with Gasteiger partial charge in [0.25, 0.3) is 0 Å². The molecule has 1 aliphatic carbocycles. The molecule has 0 N–H and O–H groups in total. The first-order valence-electron chi connectivity index (χ1n) is 12.6. The Bertz CT molecular complexity index is 1630. The van der Waals surface area contributed by atoms with Crippen molar-refractivity contribution in [2.45, 2.75) is 18.0 Å². The van der Waals surface area contributed by atoms with Gasteiger partial charge in [-0.05, 0) is 29.3 Å². The molecule has 38 heavy (non-hydrogen) atoms. The predicted molar refractivity (Wildman–Crippen MR) is 151 cm³/mol. The highest BCUT2D eigenvalue weighted by molar-refractivity contribution is 9.10. The number of anilines is 1. The number of carbonyl (C=O) groups is 3. The van der Waals surface area contributed by atoms with Gasteiger partial charge in [-0.2, -0.15) is 0 Å². The zero-order chi connectivity index (χ0) is 26.0. The molecule has 2 aliphatic heterocycles. The Morgan fingerprint density at radius 3 is 2.03 bits per heavy atom. The van der Waals surface area contributed by atoms with Gasteiger partial charge in [-0.3, -0.25) is 14.4 Å². The number of fused-ring (bicyclic) bond motifs is 5. The molecule has 1 saturated heterocycles. The van der Waals surface area contributed by atoms with E-state index in [1.54, 1.807) is 36.4 Å². The number of Topliss-reactive ketones (excluding diaryl/α,β-unsaturated/α-hetero) is 3. The van der Waals surface area contributed by atoms with Crippen molar-refractivity contribution >= 4 is 45.0 Å². The fraction of sp³-hybridized carbons (Fsp3) is 0.121. The maximum absolute atomic E-state index is 14.5. The predicted octanol–water partition coefficient (Wildman–Crippen LogP) is 6.77. The molecule has 0 aromatic heterocycles. The van der Waals surface area contributed by atoms with Crippen LogP contribution in [-0.4, -0.2) is 29.4 Å². The molecule has 2 heterocycles. The Kier molecular flexibility index (Phi) is 5.14. The van der Waals surface area contributed by atoms with Gasteiger partial charge in [-0.25, -0.2) is 0 Å². The largest absolute Gasteiger partial charge is 0.352 e. The second kappa shape index (κ2) is 8.47. The Labute approximate surface area is 228 Å². The summed E-state index contributed by atoms with van der Waals surface area (Å²) in [5.41, 5.74) is 2.52. The van der Waals surface area contributed by atoms with E-state index in [0.29, 0.717) is 16.7 Å². The SMILES string of the molecule is O=C(c1ccccc1)[C@@H]1[C@H](c2ccccc2)C2(C(=O)c3ccccc3C2=O)[C@H]2C=Cc3cc(Br)ccc3N12. The van der Waals surface area contributed by atoms with Crippen molar-refractivity contribution in [3.63, 3.8) is 0 Å². The zero-order valence-electron chi connectivity index (χ0n) is 20.3. The van der Waals surface area contributed by atoms with E-state index in [4.69, 9.17) is 0 Å². The van der Waals surface area contributed by atoms with Crippen molar-refractivity contribution in [1.82, 2.24) is 0 Å². The monoisotopic (exact) mass is 559 g/mol. The molecule has 0 unspecified atom stereocenters. The van der Waals surface area contributed by atoms with Crippen LogP contribution in [0.3, 0.4) is 0 Å². The van der Waals surface area contributed by atoms with Crippen LogP contribution in [0.4, 0.5) is 5.69 Å². The minimum Gasteiger partial charge on any atom is -0.352 e. The van der Waals surface area contributed by atoms with Crippen molar-refractivity contribution in [2.24, 2.45) is 5.41 Å². The number of halogens is 1. The number of nitrogens with zero attached hydrogens (tertiary/aromatic N) is 1. The number of benzene rings is 4. The summed E-state index contributed by atoms with van der Waals surface area (Å²) in [6.07, 6.45) is 3.93. The molecule has 0 radical (unpaired) electrons. The Morgan fingerprint density at radius 1 is 0.763 bits per heavy atom. The fourth-order valence-electron chi connectivity index (χ4n) is 6.75. The first-order valence-corrected chi connectivity index (χ1v) is 13.4. The molecule has 0 amide bonds. The summed E-state index contributed by atoms with van der Waals surface area (Å²) in [7, 11) is 0. The molecule has 5 heteroatoms. The lowest BCUT2D eigenvalue weighted by Crippen LogP contribution is -2.48. The van der Waals surface area contributed by atoms with E-state index in [2.05, 4.69) is 15.9 Å². The van der Waals surface area contributed by atoms with E-state index in [0.717, 1.165) is 21.3 Å². The Hall–Kier alpha value is -4.09. The minimum atomic E-state index is -1.47. The summed E-state index contributed by atoms with van der Waals surface area (Å²) in [5.74, 6) is -1.22. The van der Waals surface area contributed by atoms with Crippen LogP contribution in [0.25, 0.3) is 6.08 Å². The molecule has 0 bridgehead atoms. The van der Waals surface area contributed by atoms with Crippen LogP contribution in [0, 0.1) is 5.41 Å². The van der Waals surface area contributed by atoms with Crippen LogP contribution in [0.5, 0.6) is 0 Å². The van der Waals surface area contributed by atoms with Crippen LogP contribution < -0.4 is 4.90 Å². The van der Waals surface area contributed by atoms with Gasteiger partial charge < -0.3 is 4.90 Å². The molecule has 3 aliphatic rings. The van der Waals surface area contributed by atoms with E-state index in [1.807, 2.05) is 83.8 Å². The van der Waals surface area contributed by atoms with Crippen LogP contribution in [0.15, 0.2) is 114 Å². The number of hydrogen-bond acceptors (Lipinski definition) is 4. The average molecular weight is 560 g/mol. The van der Waals surface area contributed by atoms with E-state index < -0.39 is 23.4 Å². The number of rotatable bonds is 3. The Balaban J connectivity index is 1.55. The van der Waals surface area contributed by atoms with Crippen LogP contribution in [-0.2, 0) is 0 Å². The van der Waals surface area contributed by atoms with Gasteiger partial charge in [0, 0.05) is 32.8 Å². The number of hydrogen-bond donors (Lipinski definition) is 0. The van der Waals surface area contributed by atoms with Crippen molar-refractivity contribution in [3.05, 3.63) is 141 Å². The highest BCUT2D eigenvalue weighted by Crippen LogP contribution is 2.61. The van der Waals surface area contributed by atoms with Crippen LogP contribution in [0.1, 0.15) is 48.1 Å². The molecular weight excluding hydrogens is 538 g/mol. The standard InChI is InChI=1S/C33H22BrNO3/c34-23-16-17-26-22(19-23)15-18-27-33(31(37)24-13-7-8-14-25(24)32(33)38)28(20-9-3-1-4-10-20)29(35(26)27)30(36)21-11-5-2-6-12-21/h1-19,27-29H/t27-,28+,29+/m1/s1. The fourth-order valence-corrected chi connectivity index (χ4v) is 7.13. The third kappa shape index (κ3) is 2.99. The lowest BCUT2D eigenvalue weighted by Gasteiger charge is -2.37. The van der Waals surface area contributed by atoms with E-state index >= 15 is 0 Å². The van der Waals surface area contributed by atoms with Crippen molar-refractivity contribution < 1.29 is 14.4 Å². The normalized spacial score (nSPS) is 22.3. The summed E-state index contributed by atoms with van der Waals surface area (Å²) in [6.45, 7) is 0. The summed E-state index contributed by atoms with van der Waals surface area (Å²) >= 11 is 3.56. The zero-order valence-corrected chi connectivity index (χ0v) is 21.8. The third-order valence-electron chi connectivity index (χ3n) is 8.25. The third-order valence-corrected chi connectivity index (χ3v) is 8.74. The Morgan fingerprint density at radius 2 is 1.37 bits per heavy atom. The van der Waals surface area contributed by atoms with Crippen LogP contribution >= 0.6 is 15.9 Å².